The first-order valence-corrected chi connectivity index (χ1v) is 6.79. The molecule has 1 amide bonds. The van der Waals surface area contributed by atoms with Crippen LogP contribution in [0.25, 0.3) is 0 Å². The highest BCUT2D eigenvalue weighted by molar-refractivity contribution is 5.85. The fraction of sp³-hybridized carbons (Fsp3) is 0.923. The van der Waals surface area contributed by atoms with Crippen molar-refractivity contribution in [2.24, 2.45) is 11.7 Å². The van der Waals surface area contributed by atoms with Gasteiger partial charge < -0.3 is 15.4 Å². The minimum Gasteiger partial charge on any atom is -0.381 e. The summed E-state index contributed by atoms with van der Waals surface area (Å²) in [6.45, 7) is 1.37. The Bertz CT molecular complexity index is 270. The minimum atomic E-state index is 0. The number of nitrogens with zero attached hydrogens (tertiary/aromatic N) is 1. The van der Waals surface area contributed by atoms with Gasteiger partial charge in [0.15, 0.2) is 0 Å². The Labute approximate surface area is 116 Å². The molecule has 2 unspecified atom stereocenters. The van der Waals surface area contributed by atoms with E-state index in [2.05, 4.69) is 0 Å². The van der Waals surface area contributed by atoms with Crippen LogP contribution in [0.2, 0.25) is 0 Å². The van der Waals surface area contributed by atoms with E-state index in [0.29, 0.717) is 12.5 Å². The van der Waals surface area contributed by atoms with Crippen LogP contribution >= 0.6 is 12.4 Å². The number of likely N-dealkylation sites (tertiary alicyclic amines) is 1. The van der Waals surface area contributed by atoms with Crippen LogP contribution in [0, 0.1) is 5.92 Å². The number of hydrogen-bond acceptors (Lipinski definition) is 3. The molecule has 18 heavy (non-hydrogen) atoms. The molecule has 1 heterocycles. The fourth-order valence-electron chi connectivity index (χ4n) is 3.15. The number of piperidine rings is 1. The van der Waals surface area contributed by atoms with E-state index in [-0.39, 0.29) is 30.5 Å². The van der Waals surface area contributed by atoms with Gasteiger partial charge in [-0.2, -0.15) is 0 Å². The molecule has 2 atom stereocenters. The molecule has 2 aliphatic rings. The van der Waals surface area contributed by atoms with Gasteiger partial charge in [0, 0.05) is 32.2 Å². The fourth-order valence-corrected chi connectivity index (χ4v) is 3.15. The zero-order chi connectivity index (χ0) is 12.3. The quantitative estimate of drug-likeness (QED) is 0.851. The number of methoxy groups -OCH3 is 1. The second-order valence-electron chi connectivity index (χ2n) is 5.28. The van der Waals surface area contributed by atoms with E-state index in [1.807, 2.05) is 4.90 Å². The molecule has 106 valence electrons. The number of carbonyl (C=O) groups excluding carboxylic acids is 1. The molecule has 2 rings (SSSR count). The Morgan fingerprint density at radius 2 is 2.00 bits per heavy atom. The Morgan fingerprint density at radius 3 is 2.56 bits per heavy atom. The van der Waals surface area contributed by atoms with Crippen molar-refractivity contribution in [1.82, 2.24) is 4.90 Å². The molecular weight excluding hydrogens is 252 g/mol. The molecule has 1 aliphatic heterocycles. The number of nitrogens with two attached hydrogens (primary N) is 1. The number of amides is 1. The average molecular weight is 277 g/mol. The maximum atomic E-state index is 12.4. The molecular formula is C13H25ClN2O2. The van der Waals surface area contributed by atoms with Crippen molar-refractivity contribution in [2.75, 3.05) is 20.2 Å². The van der Waals surface area contributed by atoms with Crippen LogP contribution in [0.5, 0.6) is 0 Å². The van der Waals surface area contributed by atoms with E-state index in [9.17, 15) is 4.79 Å². The van der Waals surface area contributed by atoms with E-state index in [1.165, 1.54) is 12.8 Å². The topological polar surface area (TPSA) is 55.6 Å². The van der Waals surface area contributed by atoms with Gasteiger partial charge in [0.2, 0.25) is 5.91 Å². The molecule has 1 saturated heterocycles. The van der Waals surface area contributed by atoms with Crippen LogP contribution in [0.1, 0.15) is 38.5 Å². The summed E-state index contributed by atoms with van der Waals surface area (Å²) in [5, 5.41) is 0. The van der Waals surface area contributed by atoms with Gasteiger partial charge in [-0.15, -0.1) is 12.4 Å². The summed E-state index contributed by atoms with van der Waals surface area (Å²) in [7, 11) is 1.74. The summed E-state index contributed by atoms with van der Waals surface area (Å²) >= 11 is 0. The molecule has 0 aromatic carbocycles. The van der Waals surface area contributed by atoms with Crippen molar-refractivity contribution in [1.29, 1.82) is 0 Å². The molecule has 0 radical (unpaired) electrons. The van der Waals surface area contributed by atoms with Gasteiger partial charge in [-0.1, -0.05) is 12.8 Å². The summed E-state index contributed by atoms with van der Waals surface area (Å²) in [6, 6.07) is 0.182. The third-order valence-corrected chi connectivity index (χ3v) is 4.26. The first-order valence-electron chi connectivity index (χ1n) is 6.79. The first kappa shape index (κ1) is 15.7. The molecule has 1 saturated carbocycles. The number of ether oxygens (including phenoxy) is 1. The van der Waals surface area contributed by atoms with Crippen molar-refractivity contribution in [3.63, 3.8) is 0 Å². The van der Waals surface area contributed by atoms with E-state index in [0.717, 1.165) is 32.2 Å². The molecule has 1 aliphatic carbocycles. The molecule has 5 heteroatoms. The summed E-state index contributed by atoms with van der Waals surface area (Å²) in [4.78, 5) is 14.4. The third kappa shape index (κ3) is 3.37. The smallest absolute Gasteiger partial charge is 0.225 e. The van der Waals surface area contributed by atoms with Crippen molar-refractivity contribution < 1.29 is 9.53 Å². The number of rotatable bonds is 3. The Balaban J connectivity index is 0.00000162. The summed E-state index contributed by atoms with van der Waals surface area (Å²) < 4.78 is 5.38. The predicted molar refractivity (Wildman–Crippen MR) is 73.8 cm³/mol. The Hall–Kier alpha value is -0.320. The van der Waals surface area contributed by atoms with E-state index < -0.39 is 0 Å². The molecule has 0 aromatic rings. The van der Waals surface area contributed by atoms with E-state index >= 15 is 0 Å². The lowest BCUT2D eigenvalue weighted by Gasteiger charge is -2.39. The van der Waals surface area contributed by atoms with Crippen molar-refractivity contribution in [3.05, 3.63) is 0 Å². The standard InChI is InChI=1S/C13H24N2O2.ClH/c1-17-12-6-7-15(11(8-12)9-14)13(16)10-4-2-3-5-10;/h10-12H,2-9,14H2,1H3;1H. The number of halogens is 1. The molecule has 0 spiro atoms. The van der Waals surface area contributed by atoms with Gasteiger partial charge in [0.05, 0.1) is 6.10 Å². The molecule has 2 N–H and O–H groups in total. The second-order valence-corrected chi connectivity index (χ2v) is 5.28. The lowest BCUT2D eigenvalue weighted by Crippen LogP contribution is -2.52. The monoisotopic (exact) mass is 276 g/mol. The number of hydrogen-bond donors (Lipinski definition) is 1. The molecule has 2 fully saturated rings. The first-order chi connectivity index (χ1) is 8.26. The van der Waals surface area contributed by atoms with Crippen LogP contribution < -0.4 is 5.73 Å². The highest BCUT2D eigenvalue weighted by Crippen LogP contribution is 2.29. The van der Waals surface area contributed by atoms with Gasteiger partial charge in [0.1, 0.15) is 0 Å². The van der Waals surface area contributed by atoms with Crippen LogP contribution in [-0.2, 0) is 9.53 Å². The van der Waals surface area contributed by atoms with Gasteiger partial charge in [-0.25, -0.2) is 0 Å². The zero-order valence-electron chi connectivity index (χ0n) is 11.1. The Morgan fingerprint density at radius 1 is 1.33 bits per heavy atom. The summed E-state index contributed by atoms with van der Waals surface area (Å²) in [5.41, 5.74) is 5.80. The maximum absolute atomic E-state index is 12.4. The van der Waals surface area contributed by atoms with Crippen molar-refractivity contribution in [3.8, 4) is 0 Å². The SMILES string of the molecule is COC1CCN(C(=O)C2CCCC2)C(CN)C1.Cl. The summed E-state index contributed by atoms with van der Waals surface area (Å²) in [6.07, 6.45) is 6.67. The zero-order valence-corrected chi connectivity index (χ0v) is 12.0. The van der Waals surface area contributed by atoms with Gasteiger partial charge in [-0.05, 0) is 25.7 Å². The molecule has 0 bridgehead atoms. The average Bonchev–Trinajstić information content (AvgIpc) is 2.91. The van der Waals surface area contributed by atoms with Gasteiger partial charge in [0.25, 0.3) is 0 Å². The third-order valence-electron chi connectivity index (χ3n) is 4.26. The highest BCUT2D eigenvalue weighted by atomic mass is 35.5. The lowest BCUT2D eigenvalue weighted by atomic mass is 9.96. The molecule has 4 nitrogen and oxygen atoms in total. The van der Waals surface area contributed by atoms with Gasteiger partial charge >= 0.3 is 0 Å². The van der Waals surface area contributed by atoms with Crippen molar-refractivity contribution in [2.45, 2.75) is 50.7 Å². The summed E-state index contributed by atoms with van der Waals surface area (Å²) in [5.74, 6) is 0.607. The minimum absolute atomic E-state index is 0. The largest absolute Gasteiger partial charge is 0.381 e. The van der Waals surface area contributed by atoms with Crippen LogP contribution in [-0.4, -0.2) is 43.2 Å². The van der Waals surface area contributed by atoms with Crippen LogP contribution in [0.15, 0.2) is 0 Å². The maximum Gasteiger partial charge on any atom is 0.225 e. The number of carbonyl (C=O) groups is 1. The van der Waals surface area contributed by atoms with E-state index in [1.54, 1.807) is 7.11 Å². The van der Waals surface area contributed by atoms with Gasteiger partial charge in [-0.3, -0.25) is 4.79 Å². The molecule has 0 aromatic heterocycles. The highest BCUT2D eigenvalue weighted by Gasteiger charge is 2.34. The Kier molecular flexibility index (Phi) is 6.39. The van der Waals surface area contributed by atoms with E-state index in [4.69, 9.17) is 10.5 Å². The van der Waals surface area contributed by atoms with Crippen LogP contribution in [0.3, 0.4) is 0 Å². The van der Waals surface area contributed by atoms with Crippen molar-refractivity contribution >= 4 is 18.3 Å². The normalized spacial score (nSPS) is 29.1. The second kappa shape index (κ2) is 7.31. The lowest BCUT2D eigenvalue weighted by molar-refractivity contribution is -0.141. The van der Waals surface area contributed by atoms with Crippen LogP contribution in [0.4, 0.5) is 0 Å². The predicted octanol–water partition coefficient (Wildman–Crippen LogP) is 1.56.